The van der Waals surface area contributed by atoms with Gasteiger partial charge in [0, 0.05) is 30.3 Å². The van der Waals surface area contributed by atoms with Crippen molar-refractivity contribution in [3.63, 3.8) is 0 Å². The van der Waals surface area contributed by atoms with E-state index in [2.05, 4.69) is 38.8 Å². The van der Waals surface area contributed by atoms with Crippen LogP contribution in [0.2, 0.25) is 0 Å². The smallest absolute Gasteiger partial charge is 0.157 e. The Labute approximate surface area is 198 Å². The number of nitriles is 2. The summed E-state index contributed by atoms with van der Waals surface area (Å²) < 4.78 is 3.83. The first-order valence-electron chi connectivity index (χ1n) is 11.3. The maximum atomic E-state index is 9.41. The van der Waals surface area contributed by atoms with E-state index in [0.717, 1.165) is 40.4 Å². The van der Waals surface area contributed by atoms with Gasteiger partial charge in [-0.3, -0.25) is 4.68 Å². The molecule has 168 valence electrons. The second kappa shape index (κ2) is 8.57. The number of benzene rings is 1. The van der Waals surface area contributed by atoms with Gasteiger partial charge in [-0.25, -0.2) is 14.6 Å². The van der Waals surface area contributed by atoms with Gasteiger partial charge in [0.15, 0.2) is 5.82 Å². The lowest BCUT2D eigenvalue weighted by Gasteiger charge is -2.09. The molecule has 1 aliphatic rings. The number of nitrogens with zero attached hydrogens (tertiary/aromatic N) is 8. The van der Waals surface area contributed by atoms with Crippen LogP contribution in [0, 0.1) is 49.4 Å². The summed E-state index contributed by atoms with van der Waals surface area (Å²) in [6.45, 7) is 6.70. The molecule has 0 radical (unpaired) electrons. The lowest BCUT2D eigenvalue weighted by atomic mass is 10.0. The predicted octanol–water partition coefficient (Wildman–Crippen LogP) is 4.20. The SMILES string of the molecule is Cc1nn(-c2cc(Cc3c(C)c(-c4ccc(C#N)cc4)nn3CC3CC3)ncn2)c(C)c1C#N. The van der Waals surface area contributed by atoms with Crippen LogP contribution < -0.4 is 0 Å². The molecular weight excluding hydrogens is 424 g/mol. The molecule has 0 amide bonds. The van der Waals surface area contributed by atoms with Crippen molar-refractivity contribution in [2.45, 2.75) is 46.6 Å². The van der Waals surface area contributed by atoms with Crippen molar-refractivity contribution in [3.8, 4) is 29.2 Å². The second-order valence-corrected chi connectivity index (χ2v) is 8.85. The van der Waals surface area contributed by atoms with Gasteiger partial charge >= 0.3 is 0 Å². The summed E-state index contributed by atoms with van der Waals surface area (Å²) in [5, 5.41) is 28.0. The van der Waals surface area contributed by atoms with Crippen LogP contribution in [0.3, 0.4) is 0 Å². The first-order chi connectivity index (χ1) is 16.5. The Morgan fingerprint density at radius 2 is 1.76 bits per heavy atom. The van der Waals surface area contributed by atoms with E-state index >= 15 is 0 Å². The van der Waals surface area contributed by atoms with Crippen LogP contribution in [-0.2, 0) is 13.0 Å². The minimum Gasteiger partial charge on any atom is -0.268 e. The minimum absolute atomic E-state index is 0.575. The maximum Gasteiger partial charge on any atom is 0.157 e. The molecule has 0 unspecified atom stereocenters. The molecule has 3 aromatic heterocycles. The van der Waals surface area contributed by atoms with Gasteiger partial charge in [-0.2, -0.15) is 20.7 Å². The molecule has 8 heteroatoms. The average molecular weight is 449 g/mol. The Balaban J connectivity index is 1.52. The van der Waals surface area contributed by atoms with Crippen molar-refractivity contribution in [2.75, 3.05) is 0 Å². The number of hydrogen-bond donors (Lipinski definition) is 0. The Morgan fingerprint density at radius 1 is 1.00 bits per heavy atom. The van der Waals surface area contributed by atoms with Crippen molar-refractivity contribution in [2.24, 2.45) is 5.92 Å². The number of hydrogen-bond acceptors (Lipinski definition) is 6. The molecular formula is C26H24N8. The summed E-state index contributed by atoms with van der Waals surface area (Å²) in [7, 11) is 0. The summed E-state index contributed by atoms with van der Waals surface area (Å²) in [5.41, 5.74) is 7.71. The molecule has 0 spiro atoms. The lowest BCUT2D eigenvalue weighted by Crippen LogP contribution is -2.10. The van der Waals surface area contributed by atoms with Gasteiger partial charge in [0.1, 0.15) is 12.4 Å². The van der Waals surface area contributed by atoms with E-state index in [1.165, 1.54) is 12.8 Å². The fourth-order valence-corrected chi connectivity index (χ4v) is 4.28. The zero-order chi connectivity index (χ0) is 23.8. The van der Waals surface area contributed by atoms with Crippen molar-refractivity contribution >= 4 is 0 Å². The van der Waals surface area contributed by atoms with Gasteiger partial charge in [-0.15, -0.1) is 0 Å². The average Bonchev–Trinajstić information content (AvgIpc) is 3.56. The van der Waals surface area contributed by atoms with Crippen LogP contribution in [0.15, 0.2) is 36.7 Å². The topological polar surface area (TPSA) is 109 Å². The fourth-order valence-electron chi connectivity index (χ4n) is 4.28. The second-order valence-electron chi connectivity index (χ2n) is 8.85. The van der Waals surface area contributed by atoms with Gasteiger partial charge in [-0.1, -0.05) is 12.1 Å². The number of rotatable bonds is 6. The minimum atomic E-state index is 0.575. The molecule has 8 nitrogen and oxygen atoms in total. The Hall–Kier alpha value is -4.30. The summed E-state index contributed by atoms with van der Waals surface area (Å²) in [6, 6.07) is 13.9. The van der Waals surface area contributed by atoms with Crippen molar-refractivity contribution in [3.05, 3.63) is 76.1 Å². The van der Waals surface area contributed by atoms with Gasteiger partial charge in [-0.05, 0) is 57.2 Å². The molecule has 0 saturated heterocycles. The largest absolute Gasteiger partial charge is 0.268 e. The Bertz CT molecular complexity index is 1460. The molecule has 0 atom stereocenters. The van der Waals surface area contributed by atoms with E-state index in [4.69, 9.17) is 10.4 Å². The zero-order valence-electron chi connectivity index (χ0n) is 19.4. The van der Waals surface area contributed by atoms with Gasteiger partial charge in [0.25, 0.3) is 0 Å². The lowest BCUT2D eigenvalue weighted by molar-refractivity contribution is 0.544. The summed E-state index contributed by atoms with van der Waals surface area (Å²) >= 11 is 0. The van der Waals surface area contributed by atoms with E-state index in [-0.39, 0.29) is 0 Å². The highest BCUT2D eigenvalue weighted by atomic mass is 15.3. The van der Waals surface area contributed by atoms with Crippen LogP contribution in [0.1, 0.15) is 52.3 Å². The summed E-state index contributed by atoms with van der Waals surface area (Å²) in [5.74, 6) is 1.32. The Morgan fingerprint density at radius 3 is 2.41 bits per heavy atom. The van der Waals surface area contributed by atoms with Crippen molar-refractivity contribution < 1.29 is 0 Å². The maximum absolute atomic E-state index is 9.41. The molecule has 34 heavy (non-hydrogen) atoms. The predicted molar refractivity (Wildman–Crippen MR) is 126 cm³/mol. The van der Waals surface area contributed by atoms with Crippen LogP contribution in [-0.4, -0.2) is 29.5 Å². The van der Waals surface area contributed by atoms with Gasteiger partial charge in [0.2, 0.25) is 0 Å². The summed E-state index contributed by atoms with van der Waals surface area (Å²) in [6.07, 6.45) is 4.64. The van der Waals surface area contributed by atoms with E-state index in [9.17, 15) is 5.26 Å². The number of aryl methyl sites for hydroxylation is 1. The molecule has 0 bridgehead atoms. The van der Waals surface area contributed by atoms with Crippen LogP contribution in [0.5, 0.6) is 0 Å². The molecule has 4 aromatic rings. The summed E-state index contributed by atoms with van der Waals surface area (Å²) in [4.78, 5) is 8.93. The molecule has 1 saturated carbocycles. The van der Waals surface area contributed by atoms with Crippen LogP contribution in [0.4, 0.5) is 0 Å². The molecule has 5 rings (SSSR count). The van der Waals surface area contributed by atoms with Crippen molar-refractivity contribution in [1.82, 2.24) is 29.5 Å². The van der Waals surface area contributed by atoms with Crippen LogP contribution in [0.25, 0.3) is 17.1 Å². The van der Waals surface area contributed by atoms with E-state index < -0.39 is 0 Å². The van der Waals surface area contributed by atoms with Crippen LogP contribution >= 0.6 is 0 Å². The molecule has 3 heterocycles. The third-order valence-corrected chi connectivity index (χ3v) is 6.41. The molecule has 0 aliphatic heterocycles. The molecule has 0 N–H and O–H groups in total. The zero-order valence-corrected chi connectivity index (χ0v) is 19.4. The van der Waals surface area contributed by atoms with E-state index in [1.807, 2.05) is 44.2 Å². The standard InChI is InChI=1S/C26H24N8/c1-16-24(10-22-11-25(30-15-29-22)34-18(3)23(13-28)17(2)31-34)33(14-20-4-5-20)32-26(16)21-8-6-19(12-27)7-9-21/h6-9,11,15,20H,4-5,10,14H2,1-3H3. The van der Waals surface area contributed by atoms with Crippen molar-refractivity contribution in [1.29, 1.82) is 10.5 Å². The normalized spacial score (nSPS) is 13.0. The monoisotopic (exact) mass is 448 g/mol. The highest BCUT2D eigenvalue weighted by Gasteiger charge is 2.25. The highest BCUT2D eigenvalue weighted by Crippen LogP contribution is 2.33. The van der Waals surface area contributed by atoms with E-state index in [1.54, 1.807) is 11.0 Å². The highest BCUT2D eigenvalue weighted by molar-refractivity contribution is 5.65. The third kappa shape index (κ3) is 3.95. The van der Waals surface area contributed by atoms with Gasteiger partial charge in [0.05, 0.1) is 40.0 Å². The first-order valence-corrected chi connectivity index (χ1v) is 11.3. The third-order valence-electron chi connectivity index (χ3n) is 6.41. The molecule has 1 fully saturated rings. The number of aromatic nitrogens is 6. The quantitative estimate of drug-likeness (QED) is 0.437. The molecule has 1 aliphatic carbocycles. The first kappa shape index (κ1) is 21.5. The molecule has 1 aromatic carbocycles. The van der Waals surface area contributed by atoms with E-state index in [0.29, 0.717) is 35.0 Å². The fraction of sp³-hybridized carbons (Fsp3) is 0.308. The van der Waals surface area contributed by atoms with Gasteiger partial charge < -0.3 is 0 Å². The Kier molecular flexibility index (Phi) is 5.43.